The molecule has 0 aliphatic carbocycles. The Morgan fingerprint density at radius 1 is 1.03 bits per heavy atom. The lowest BCUT2D eigenvalue weighted by Gasteiger charge is -2.13. The summed E-state index contributed by atoms with van der Waals surface area (Å²) >= 11 is 16.8. The van der Waals surface area contributed by atoms with E-state index in [2.05, 4.69) is 15.9 Å². The molecule has 1 aromatic heterocycles. The first-order valence-corrected chi connectivity index (χ1v) is 11.8. The van der Waals surface area contributed by atoms with Crippen molar-refractivity contribution in [2.45, 2.75) is 20.4 Å². The number of benzene rings is 2. The molecule has 2 heterocycles. The van der Waals surface area contributed by atoms with Gasteiger partial charge in [-0.3, -0.25) is 14.5 Å². The molecule has 1 fully saturated rings. The zero-order valence-corrected chi connectivity index (χ0v) is 20.6. The first kappa shape index (κ1) is 22.2. The van der Waals surface area contributed by atoms with Crippen LogP contribution in [-0.2, 0) is 11.3 Å². The molecule has 31 heavy (non-hydrogen) atoms. The molecular weight excluding hydrogens is 519 g/mol. The van der Waals surface area contributed by atoms with E-state index in [9.17, 15) is 9.59 Å². The summed E-state index contributed by atoms with van der Waals surface area (Å²) in [5.41, 5.74) is 4.47. The summed E-state index contributed by atoms with van der Waals surface area (Å²) < 4.78 is 2.89. The number of aromatic nitrogens is 1. The molecule has 1 saturated heterocycles. The van der Waals surface area contributed by atoms with Gasteiger partial charge in [0.1, 0.15) is 0 Å². The number of nitrogens with zero attached hydrogens (tertiary/aromatic N) is 2. The second-order valence-corrected chi connectivity index (χ2v) is 9.87. The van der Waals surface area contributed by atoms with Crippen LogP contribution in [0.3, 0.4) is 0 Å². The second kappa shape index (κ2) is 8.87. The van der Waals surface area contributed by atoms with E-state index in [4.69, 9.17) is 23.2 Å². The predicted molar refractivity (Wildman–Crippen MR) is 131 cm³/mol. The van der Waals surface area contributed by atoms with Crippen LogP contribution in [0.2, 0.25) is 10.0 Å². The van der Waals surface area contributed by atoms with E-state index >= 15 is 0 Å². The Hall–Kier alpha value is -1.99. The molecule has 0 radical (unpaired) electrons. The smallest absolute Gasteiger partial charge is 0.293 e. The first-order valence-electron chi connectivity index (χ1n) is 9.39. The van der Waals surface area contributed by atoms with Crippen molar-refractivity contribution in [2.24, 2.45) is 0 Å². The molecule has 0 bridgehead atoms. The van der Waals surface area contributed by atoms with Gasteiger partial charge in [0, 0.05) is 31.6 Å². The van der Waals surface area contributed by atoms with Crippen molar-refractivity contribution in [3.8, 4) is 5.69 Å². The molecule has 2 amide bonds. The molecule has 4 nitrogen and oxygen atoms in total. The van der Waals surface area contributed by atoms with Gasteiger partial charge >= 0.3 is 0 Å². The number of carbonyl (C=O) groups excluding carboxylic acids is 2. The van der Waals surface area contributed by atoms with Crippen molar-refractivity contribution in [1.29, 1.82) is 0 Å². The average molecular weight is 536 g/mol. The SMILES string of the molecule is Cc1cc(/C=C2\SC(=O)N(Cc3ccccc3Br)C2=O)c(C)n1-c1cc(Cl)cc(Cl)c1. The summed E-state index contributed by atoms with van der Waals surface area (Å²) in [6, 6.07) is 14.9. The summed E-state index contributed by atoms with van der Waals surface area (Å²) in [5.74, 6) is -0.290. The van der Waals surface area contributed by atoms with Gasteiger partial charge in [-0.25, -0.2) is 0 Å². The summed E-state index contributed by atoms with van der Waals surface area (Å²) in [4.78, 5) is 27.2. The van der Waals surface area contributed by atoms with Crippen LogP contribution >= 0.6 is 50.9 Å². The number of aryl methyl sites for hydroxylation is 1. The highest BCUT2D eigenvalue weighted by Gasteiger charge is 2.35. The largest absolute Gasteiger partial charge is 0.318 e. The van der Waals surface area contributed by atoms with Crippen LogP contribution in [-0.4, -0.2) is 20.6 Å². The van der Waals surface area contributed by atoms with Crippen molar-refractivity contribution in [2.75, 3.05) is 0 Å². The molecule has 0 saturated carbocycles. The van der Waals surface area contributed by atoms with Crippen molar-refractivity contribution in [1.82, 2.24) is 9.47 Å². The molecule has 0 atom stereocenters. The topological polar surface area (TPSA) is 42.3 Å². The van der Waals surface area contributed by atoms with E-state index in [1.165, 1.54) is 4.90 Å². The highest BCUT2D eigenvalue weighted by Crippen LogP contribution is 2.35. The minimum absolute atomic E-state index is 0.226. The van der Waals surface area contributed by atoms with Crippen LogP contribution < -0.4 is 0 Å². The normalized spacial score (nSPS) is 15.4. The van der Waals surface area contributed by atoms with Gasteiger partial charge in [-0.05, 0) is 73.1 Å². The van der Waals surface area contributed by atoms with Gasteiger partial charge in [-0.2, -0.15) is 0 Å². The van der Waals surface area contributed by atoms with Gasteiger partial charge in [-0.15, -0.1) is 0 Å². The van der Waals surface area contributed by atoms with Crippen molar-refractivity contribution < 1.29 is 9.59 Å². The molecule has 0 unspecified atom stereocenters. The van der Waals surface area contributed by atoms with Gasteiger partial charge < -0.3 is 4.57 Å². The number of thioether (sulfide) groups is 1. The second-order valence-electron chi connectivity index (χ2n) is 7.15. The van der Waals surface area contributed by atoms with Gasteiger partial charge in [0.2, 0.25) is 0 Å². The lowest BCUT2D eigenvalue weighted by molar-refractivity contribution is -0.123. The fraction of sp³-hybridized carbons (Fsp3) is 0.130. The third kappa shape index (κ3) is 4.48. The highest BCUT2D eigenvalue weighted by molar-refractivity contribution is 9.10. The van der Waals surface area contributed by atoms with Crippen LogP contribution in [0.5, 0.6) is 0 Å². The van der Waals surface area contributed by atoms with E-state index in [0.29, 0.717) is 15.0 Å². The number of halogens is 3. The van der Waals surface area contributed by atoms with Gasteiger partial charge in [0.15, 0.2) is 0 Å². The molecule has 1 aliphatic heterocycles. The van der Waals surface area contributed by atoms with Crippen LogP contribution in [0.25, 0.3) is 11.8 Å². The molecular formula is C23H17BrCl2N2O2S. The monoisotopic (exact) mass is 534 g/mol. The number of rotatable bonds is 4. The molecule has 8 heteroatoms. The number of amides is 2. The van der Waals surface area contributed by atoms with Gasteiger partial charge in [-0.1, -0.05) is 57.3 Å². The summed E-state index contributed by atoms with van der Waals surface area (Å²) in [5, 5.41) is 0.817. The molecule has 2 aromatic carbocycles. The van der Waals surface area contributed by atoms with Crippen molar-refractivity contribution in [3.63, 3.8) is 0 Å². The Morgan fingerprint density at radius 3 is 2.39 bits per heavy atom. The number of imide groups is 1. The molecule has 158 valence electrons. The molecule has 3 aromatic rings. The van der Waals surface area contributed by atoms with E-state index < -0.39 is 0 Å². The maximum atomic E-state index is 13.0. The van der Waals surface area contributed by atoms with Gasteiger partial charge in [0.05, 0.1) is 11.4 Å². The maximum Gasteiger partial charge on any atom is 0.293 e. The predicted octanol–water partition coefficient (Wildman–Crippen LogP) is 7.40. The minimum atomic E-state index is -0.290. The summed E-state index contributed by atoms with van der Waals surface area (Å²) in [6.07, 6.45) is 1.77. The Bertz CT molecular complexity index is 1230. The Morgan fingerprint density at radius 2 is 1.71 bits per heavy atom. The molecule has 1 aliphatic rings. The first-order chi connectivity index (χ1) is 14.7. The van der Waals surface area contributed by atoms with Crippen LogP contribution in [0.4, 0.5) is 4.79 Å². The lowest BCUT2D eigenvalue weighted by atomic mass is 10.2. The highest BCUT2D eigenvalue weighted by atomic mass is 79.9. The molecule has 0 N–H and O–H groups in total. The van der Waals surface area contributed by atoms with E-state index in [1.807, 2.05) is 60.9 Å². The summed E-state index contributed by atoms with van der Waals surface area (Å²) in [7, 11) is 0. The zero-order chi connectivity index (χ0) is 22.3. The lowest BCUT2D eigenvalue weighted by Crippen LogP contribution is -2.27. The van der Waals surface area contributed by atoms with Crippen LogP contribution in [0.15, 0.2) is 57.9 Å². The zero-order valence-electron chi connectivity index (χ0n) is 16.7. The third-order valence-electron chi connectivity index (χ3n) is 5.02. The Kier molecular flexibility index (Phi) is 6.35. The van der Waals surface area contributed by atoms with E-state index in [0.717, 1.165) is 44.4 Å². The number of carbonyl (C=O) groups is 2. The van der Waals surface area contributed by atoms with E-state index in [-0.39, 0.29) is 17.7 Å². The fourth-order valence-corrected chi connectivity index (χ4v) is 5.33. The van der Waals surface area contributed by atoms with Crippen LogP contribution in [0.1, 0.15) is 22.5 Å². The van der Waals surface area contributed by atoms with Crippen molar-refractivity contribution >= 4 is 68.1 Å². The third-order valence-corrected chi connectivity index (χ3v) is 7.14. The summed E-state index contributed by atoms with van der Waals surface area (Å²) in [6.45, 7) is 4.15. The number of hydrogen-bond donors (Lipinski definition) is 0. The van der Waals surface area contributed by atoms with E-state index in [1.54, 1.807) is 12.1 Å². The average Bonchev–Trinajstić information content (AvgIpc) is 3.12. The Balaban J connectivity index is 1.66. The van der Waals surface area contributed by atoms with Crippen LogP contribution in [0, 0.1) is 13.8 Å². The standard InChI is InChI=1S/C23H17BrCl2N2O2S/c1-13-7-16(14(2)28(13)19-10-17(25)9-18(26)11-19)8-21-22(29)27(23(30)31-21)12-15-5-3-4-6-20(15)24/h3-11H,12H2,1-2H3/b21-8-. The maximum absolute atomic E-state index is 13.0. The molecule has 4 rings (SSSR count). The van der Waals surface area contributed by atoms with Gasteiger partial charge in [0.25, 0.3) is 11.1 Å². The number of hydrogen-bond acceptors (Lipinski definition) is 3. The van der Waals surface area contributed by atoms with Crippen molar-refractivity contribution in [3.05, 3.63) is 90.5 Å². The molecule has 0 spiro atoms. The minimum Gasteiger partial charge on any atom is -0.318 e. The fourth-order valence-electron chi connectivity index (χ4n) is 3.57. The Labute approximate surface area is 203 Å². The quantitative estimate of drug-likeness (QED) is 0.327.